The van der Waals surface area contributed by atoms with Crippen LogP contribution < -0.4 is 10.2 Å². The summed E-state index contributed by atoms with van der Waals surface area (Å²) >= 11 is 0. The largest absolute Gasteiger partial charge is 0.508 e. The van der Waals surface area contributed by atoms with Crippen LogP contribution in [-0.2, 0) is 13.0 Å². The minimum Gasteiger partial charge on any atom is -0.508 e. The number of benzene rings is 1. The molecule has 1 atom stereocenters. The van der Waals surface area contributed by atoms with E-state index in [9.17, 15) is 5.11 Å². The Morgan fingerprint density at radius 3 is 2.84 bits per heavy atom. The minimum absolute atomic E-state index is 0.279. The Bertz CT molecular complexity index is 755. The zero-order valence-electron chi connectivity index (χ0n) is 14.8. The first kappa shape index (κ1) is 16.3. The van der Waals surface area contributed by atoms with Crippen molar-refractivity contribution in [2.45, 2.75) is 51.6 Å². The van der Waals surface area contributed by atoms with Gasteiger partial charge in [0.15, 0.2) is 0 Å². The highest BCUT2D eigenvalue weighted by Crippen LogP contribution is 2.32. The Balaban J connectivity index is 1.50. The molecule has 1 fully saturated rings. The summed E-state index contributed by atoms with van der Waals surface area (Å²) in [5.41, 5.74) is 4.65. The van der Waals surface area contributed by atoms with Gasteiger partial charge in [0.05, 0.1) is 5.69 Å². The van der Waals surface area contributed by atoms with Gasteiger partial charge >= 0.3 is 0 Å². The van der Waals surface area contributed by atoms with Crippen LogP contribution in [0.4, 0.5) is 5.95 Å². The number of fused-ring (bicyclic) bond motifs is 1. The van der Waals surface area contributed by atoms with Crippen molar-refractivity contribution in [2.24, 2.45) is 0 Å². The quantitative estimate of drug-likeness (QED) is 0.896. The van der Waals surface area contributed by atoms with E-state index < -0.39 is 0 Å². The van der Waals surface area contributed by atoms with Crippen LogP contribution >= 0.6 is 0 Å². The summed E-state index contributed by atoms with van der Waals surface area (Å²) < 4.78 is 0. The Kier molecular flexibility index (Phi) is 4.57. The Morgan fingerprint density at radius 2 is 2.00 bits per heavy atom. The molecule has 2 N–H and O–H groups in total. The lowest BCUT2D eigenvalue weighted by atomic mass is 9.87. The highest BCUT2D eigenvalue weighted by molar-refractivity contribution is 5.39. The number of aromatic nitrogens is 2. The molecule has 0 bridgehead atoms. The highest BCUT2D eigenvalue weighted by Gasteiger charge is 2.21. The average molecular weight is 338 g/mol. The normalized spacial score (nSPS) is 19.9. The number of phenols is 1. The van der Waals surface area contributed by atoms with E-state index >= 15 is 0 Å². The van der Waals surface area contributed by atoms with Crippen LogP contribution in [0.2, 0.25) is 0 Å². The number of nitrogens with one attached hydrogen (secondary N) is 1. The lowest BCUT2D eigenvalue weighted by Crippen LogP contribution is -2.26. The second-order valence-electron chi connectivity index (χ2n) is 7.20. The van der Waals surface area contributed by atoms with Crippen LogP contribution in [-0.4, -0.2) is 28.2 Å². The second kappa shape index (κ2) is 7.00. The summed E-state index contributed by atoms with van der Waals surface area (Å²) in [6, 6.07) is 8.10. The molecule has 132 valence electrons. The van der Waals surface area contributed by atoms with E-state index in [1.54, 1.807) is 6.07 Å². The topological polar surface area (TPSA) is 61.3 Å². The number of hydrogen-bond acceptors (Lipinski definition) is 5. The third-order valence-electron chi connectivity index (χ3n) is 5.26. The zero-order valence-corrected chi connectivity index (χ0v) is 14.8. The number of hydrogen-bond donors (Lipinski definition) is 2. The van der Waals surface area contributed by atoms with Crippen molar-refractivity contribution in [2.75, 3.05) is 18.0 Å². The molecular formula is C20H26N4O. The van der Waals surface area contributed by atoms with Crippen molar-refractivity contribution in [1.82, 2.24) is 15.3 Å². The molecule has 0 saturated carbocycles. The molecule has 2 aromatic rings. The molecule has 0 amide bonds. The molecule has 5 nitrogen and oxygen atoms in total. The molecular weight excluding hydrogens is 312 g/mol. The minimum atomic E-state index is 0.279. The van der Waals surface area contributed by atoms with Crippen LogP contribution in [0.15, 0.2) is 24.3 Å². The highest BCUT2D eigenvalue weighted by atomic mass is 16.3. The van der Waals surface area contributed by atoms with Gasteiger partial charge in [-0.3, -0.25) is 0 Å². The monoisotopic (exact) mass is 338 g/mol. The lowest BCUT2D eigenvalue weighted by molar-refractivity contribution is 0.444. The number of nitrogens with zero attached hydrogens (tertiary/aromatic N) is 3. The first-order chi connectivity index (χ1) is 12.2. The molecule has 1 unspecified atom stereocenters. The van der Waals surface area contributed by atoms with Gasteiger partial charge in [0.2, 0.25) is 5.95 Å². The third-order valence-corrected chi connectivity index (χ3v) is 5.26. The van der Waals surface area contributed by atoms with Crippen molar-refractivity contribution >= 4 is 5.95 Å². The van der Waals surface area contributed by atoms with E-state index in [1.165, 1.54) is 30.4 Å². The van der Waals surface area contributed by atoms with Crippen LogP contribution in [0.1, 0.15) is 54.2 Å². The molecule has 1 aliphatic carbocycles. The fourth-order valence-electron chi connectivity index (χ4n) is 3.99. The summed E-state index contributed by atoms with van der Waals surface area (Å²) in [6.07, 6.45) is 5.83. The van der Waals surface area contributed by atoms with Gasteiger partial charge in [0.1, 0.15) is 5.75 Å². The first-order valence-corrected chi connectivity index (χ1v) is 9.34. The zero-order chi connectivity index (χ0) is 17.2. The number of rotatable bonds is 4. The molecule has 1 aromatic carbocycles. The molecule has 2 heterocycles. The van der Waals surface area contributed by atoms with Gasteiger partial charge in [-0.05, 0) is 68.4 Å². The molecule has 0 spiro atoms. The Hall–Kier alpha value is -2.14. The van der Waals surface area contributed by atoms with E-state index in [0.717, 1.165) is 49.8 Å². The Labute approximate surface area is 149 Å². The van der Waals surface area contributed by atoms with Crippen molar-refractivity contribution in [3.63, 3.8) is 0 Å². The van der Waals surface area contributed by atoms with Crippen LogP contribution in [0.5, 0.6) is 5.75 Å². The predicted molar refractivity (Wildman–Crippen MR) is 98.8 cm³/mol. The van der Waals surface area contributed by atoms with Crippen molar-refractivity contribution in [3.8, 4) is 5.75 Å². The summed E-state index contributed by atoms with van der Waals surface area (Å²) in [7, 11) is 0. The van der Waals surface area contributed by atoms with Gasteiger partial charge in [-0.1, -0.05) is 6.07 Å². The van der Waals surface area contributed by atoms with Gasteiger partial charge in [-0.15, -0.1) is 0 Å². The average Bonchev–Trinajstić information content (AvgIpc) is 3.14. The van der Waals surface area contributed by atoms with E-state index in [4.69, 9.17) is 4.98 Å². The second-order valence-corrected chi connectivity index (χ2v) is 7.20. The number of aromatic hydroxyl groups is 1. The number of aryl methyl sites for hydroxylation is 2. The molecule has 1 saturated heterocycles. The third kappa shape index (κ3) is 3.61. The molecule has 25 heavy (non-hydrogen) atoms. The SMILES string of the molecule is Cc1cc(CNC2CCCc3ccc(O)cc32)nc(N2CCCC2)n1. The van der Waals surface area contributed by atoms with Crippen molar-refractivity contribution in [1.29, 1.82) is 0 Å². The fourth-order valence-corrected chi connectivity index (χ4v) is 3.99. The standard InChI is InChI=1S/C20H26N4O/c1-14-11-16(23-20(22-14)24-9-2-3-10-24)13-21-19-6-4-5-15-7-8-17(25)12-18(15)19/h7-8,11-12,19,21,25H,2-6,9-10,13H2,1H3. The number of anilines is 1. The molecule has 5 heteroatoms. The van der Waals surface area contributed by atoms with E-state index in [2.05, 4.69) is 27.3 Å². The lowest BCUT2D eigenvalue weighted by Gasteiger charge is -2.27. The summed E-state index contributed by atoms with van der Waals surface area (Å²) in [4.78, 5) is 11.7. The smallest absolute Gasteiger partial charge is 0.225 e. The summed E-state index contributed by atoms with van der Waals surface area (Å²) in [5, 5.41) is 13.5. The fraction of sp³-hybridized carbons (Fsp3) is 0.500. The van der Waals surface area contributed by atoms with Gasteiger partial charge in [-0.25, -0.2) is 9.97 Å². The van der Waals surface area contributed by atoms with Gasteiger partial charge < -0.3 is 15.3 Å². The number of phenolic OH excluding ortho intramolecular Hbond substituents is 1. The Morgan fingerprint density at radius 1 is 1.16 bits per heavy atom. The van der Waals surface area contributed by atoms with Gasteiger partial charge in [0.25, 0.3) is 0 Å². The summed E-state index contributed by atoms with van der Waals surface area (Å²) in [6.45, 7) is 4.89. The van der Waals surface area contributed by atoms with E-state index in [1.807, 2.05) is 13.0 Å². The maximum Gasteiger partial charge on any atom is 0.225 e. The maximum absolute atomic E-state index is 9.83. The van der Waals surface area contributed by atoms with Gasteiger partial charge in [0, 0.05) is 31.4 Å². The van der Waals surface area contributed by atoms with E-state index in [0.29, 0.717) is 5.75 Å². The first-order valence-electron chi connectivity index (χ1n) is 9.34. The van der Waals surface area contributed by atoms with E-state index in [-0.39, 0.29) is 6.04 Å². The molecule has 1 aromatic heterocycles. The van der Waals surface area contributed by atoms with Crippen molar-refractivity contribution in [3.05, 3.63) is 46.8 Å². The summed E-state index contributed by atoms with van der Waals surface area (Å²) in [5.74, 6) is 1.22. The van der Waals surface area contributed by atoms with Crippen LogP contribution in [0, 0.1) is 6.92 Å². The molecule has 2 aliphatic rings. The molecule has 0 radical (unpaired) electrons. The molecule has 1 aliphatic heterocycles. The van der Waals surface area contributed by atoms with Crippen molar-refractivity contribution < 1.29 is 5.11 Å². The van der Waals surface area contributed by atoms with Gasteiger partial charge in [-0.2, -0.15) is 0 Å². The molecule has 4 rings (SSSR count). The van der Waals surface area contributed by atoms with Crippen LogP contribution in [0.3, 0.4) is 0 Å². The van der Waals surface area contributed by atoms with Crippen LogP contribution in [0.25, 0.3) is 0 Å². The maximum atomic E-state index is 9.83. The predicted octanol–water partition coefficient (Wildman–Crippen LogP) is 3.26.